The third kappa shape index (κ3) is 3.90. The molecule has 6 rings (SSSR count). The number of nitriles is 1. The number of benzene rings is 1. The Hall–Kier alpha value is -3.11. The summed E-state index contributed by atoms with van der Waals surface area (Å²) in [5.74, 6) is 1.26. The first-order valence-electron chi connectivity index (χ1n) is 12.7. The van der Waals surface area contributed by atoms with Gasteiger partial charge in [-0.25, -0.2) is 4.98 Å². The van der Waals surface area contributed by atoms with Crippen molar-refractivity contribution in [3.63, 3.8) is 0 Å². The van der Waals surface area contributed by atoms with Crippen LogP contribution in [0, 0.1) is 17.2 Å². The van der Waals surface area contributed by atoms with Gasteiger partial charge in [-0.15, -0.1) is 0 Å². The lowest BCUT2D eigenvalue weighted by Gasteiger charge is -2.37. The van der Waals surface area contributed by atoms with Gasteiger partial charge in [-0.2, -0.15) is 5.26 Å². The Balaban J connectivity index is 1.10. The predicted octanol–water partition coefficient (Wildman–Crippen LogP) is 3.12. The van der Waals surface area contributed by atoms with E-state index in [2.05, 4.69) is 38.6 Å². The number of fused-ring (bicyclic) bond motifs is 3. The number of nitrogens with zero attached hydrogens (tertiary/aromatic N) is 6. The second-order valence-electron chi connectivity index (χ2n) is 10.0. The summed E-state index contributed by atoms with van der Waals surface area (Å²) in [5.41, 5.74) is 4.19. The van der Waals surface area contributed by atoms with Crippen molar-refractivity contribution >= 4 is 22.6 Å². The number of carbonyl (C=O) groups is 1. The molecular weight excluding hydrogens is 424 g/mol. The minimum atomic E-state index is -0.138. The molecule has 1 amide bonds. The van der Waals surface area contributed by atoms with Crippen LogP contribution in [0.3, 0.4) is 0 Å². The Labute approximate surface area is 200 Å². The van der Waals surface area contributed by atoms with Crippen molar-refractivity contribution in [3.05, 3.63) is 47.8 Å². The molecule has 1 aromatic heterocycles. The smallest absolute Gasteiger partial charge is 0.229 e. The Morgan fingerprint density at radius 1 is 1.06 bits per heavy atom. The van der Waals surface area contributed by atoms with Gasteiger partial charge in [-0.3, -0.25) is 9.69 Å². The highest BCUT2D eigenvalue weighted by atomic mass is 16.2. The molecule has 2 aliphatic heterocycles. The molecule has 0 N–H and O–H groups in total. The number of anilines is 1. The minimum absolute atomic E-state index is 0.138. The van der Waals surface area contributed by atoms with Gasteiger partial charge in [-0.05, 0) is 43.5 Å². The van der Waals surface area contributed by atoms with E-state index in [-0.39, 0.29) is 11.8 Å². The van der Waals surface area contributed by atoms with Crippen LogP contribution in [0.2, 0.25) is 0 Å². The molecule has 0 spiro atoms. The molecule has 2 fully saturated rings. The van der Waals surface area contributed by atoms with E-state index in [9.17, 15) is 4.79 Å². The van der Waals surface area contributed by atoms with Crippen LogP contribution in [0.15, 0.2) is 42.0 Å². The van der Waals surface area contributed by atoms with Crippen LogP contribution in [0.5, 0.6) is 0 Å². The summed E-state index contributed by atoms with van der Waals surface area (Å²) in [6.45, 7) is 6.40. The fourth-order valence-corrected chi connectivity index (χ4v) is 5.81. The largest absolute Gasteiger partial charge is 0.368 e. The van der Waals surface area contributed by atoms with Gasteiger partial charge in [0.15, 0.2) is 0 Å². The zero-order valence-electron chi connectivity index (χ0n) is 19.7. The fourth-order valence-electron chi connectivity index (χ4n) is 5.81. The Morgan fingerprint density at radius 3 is 2.62 bits per heavy atom. The monoisotopic (exact) mass is 456 g/mol. The average molecular weight is 457 g/mol. The van der Waals surface area contributed by atoms with E-state index < -0.39 is 0 Å². The summed E-state index contributed by atoms with van der Waals surface area (Å²) in [7, 11) is 0. The highest BCUT2D eigenvalue weighted by molar-refractivity contribution is 5.82. The van der Waals surface area contributed by atoms with Crippen LogP contribution in [-0.4, -0.2) is 70.6 Å². The summed E-state index contributed by atoms with van der Waals surface area (Å²) < 4.78 is 2.43. The first kappa shape index (κ1) is 21.4. The van der Waals surface area contributed by atoms with Gasteiger partial charge in [0, 0.05) is 69.5 Å². The number of aromatic nitrogens is 2. The van der Waals surface area contributed by atoms with E-state index in [1.165, 1.54) is 36.3 Å². The average Bonchev–Trinajstić information content (AvgIpc) is 3.08. The summed E-state index contributed by atoms with van der Waals surface area (Å²) in [5, 5.41) is 8.99. The van der Waals surface area contributed by atoms with Crippen molar-refractivity contribution in [2.24, 2.45) is 5.92 Å². The lowest BCUT2D eigenvalue weighted by atomic mass is 9.91. The van der Waals surface area contributed by atoms with Crippen molar-refractivity contribution < 1.29 is 4.79 Å². The van der Waals surface area contributed by atoms with E-state index in [0.717, 1.165) is 63.8 Å². The number of allylic oxidation sites excluding steroid dienone is 3. The molecule has 0 bridgehead atoms. The van der Waals surface area contributed by atoms with Gasteiger partial charge in [-0.1, -0.05) is 18.6 Å². The van der Waals surface area contributed by atoms with Crippen molar-refractivity contribution in [2.45, 2.75) is 44.7 Å². The first-order chi connectivity index (χ1) is 16.7. The molecule has 176 valence electrons. The molecule has 1 saturated heterocycles. The number of hydrogen-bond acceptors (Lipinski definition) is 5. The summed E-state index contributed by atoms with van der Waals surface area (Å²) in [4.78, 5) is 25.0. The summed E-state index contributed by atoms with van der Waals surface area (Å²) >= 11 is 0. The van der Waals surface area contributed by atoms with Crippen LogP contribution in [0.25, 0.3) is 11.0 Å². The highest BCUT2D eigenvalue weighted by Crippen LogP contribution is 2.29. The molecule has 2 aliphatic carbocycles. The molecule has 1 unspecified atom stereocenters. The van der Waals surface area contributed by atoms with Gasteiger partial charge in [0.25, 0.3) is 0 Å². The van der Waals surface area contributed by atoms with Crippen LogP contribution >= 0.6 is 0 Å². The van der Waals surface area contributed by atoms with Crippen molar-refractivity contribution in [1.29, 1.82) is 5.26 Å². The summed E-state index contributed by atoms with van der Waals surface area (Å²) in [6.07, 6.45) is 11.3. The van der Waals surface area contributed by atoms with Gasteiger partial charge >= 0.3 is 0 Å². The molecule has 7 heteroatoms. The maximum Gasteiger partial charge on any atom is 0.229 e. The zero-order valence-corrected chi connectivity index (χ0v) is 19.7. The number of amides is 1. The first-order valence-corrected chi connectivity index (χ1v) is 12.7. The van der Waals surface area contributed by atoms with E-state index >= 15 is 0 Å². The van der Waals surface area contributed by atoms with Crippen LogP contribution in [-0.2, 0) is 17.8 Å². The Kier molecular flexibility index (Phi) is 5.62. The number of imidazole rings is 1. The number of rotatable bonds is 3. The molecule has 34 heavy (non-hydrogen) atoms. The predicted molar refractivity (Wildman–Crippen MR) is 132 cm³/mol. The van der Waals surface area contributed by atoms with E-state index in [1.54, 1.807) is 6.08 Å². The van der Waals surface area contributed by atoms with Crippen LogP contribution < -0.4 is 4.90 Å². The van der Waals surface area contributed by atoms with Gasteiger partial charge in [0.2, 0.25) is 5.91 Å². The topological polar surface area (TPSA) is 68.4 Å². The molecule has 0 radical (unpaired) electrons. The second kappa shape index (κ2) is 8.92. The number of hydrogen-bond donors (Lipinski definition) is 0. The molecule has 1 atom stereocenters. The molecule has 7 nitrogen and oxygen atoms in total. The molecule has 1 saturated carbocycles. The van der Waals surface area contributed by atoms with E-state index in [0.29, 0.717) is 12.0 Å². The molecule has 3 heterocycles. The van der Waals surface area contributed by atoms with Crippen LogP contribution in [0.1, 0.15) is 31.5 Å². The third-order valence-corrected chi connectivity index (χ3v) is 8.14. The van der Waals surface area contributed by atoms with Crippen LogP contribution in [0.4, 0.5) is 5.69 Å². The SMILES string of the molecule is N#CC1=CCC(C(=O)N2CCN(c3ccc4c(c3)nc3n4CCN(C4CCC4)CC3)CC2)C=C1. The number of piperazine rings is 1. The zero-order chi connectivity index (χ0) is 23.1. The third-order valence-electron chi connectivity index (χ3n) is 8.14. The number of carbonyl (C=O) groups excluding carboxylic acids is 1. The molecule has 2 aromatic rings. The maximum absolute atomic E-state index is 12.9. The normalized spacial score (nSPS) is 23.7. The maximum atomic E-state index is 12.9. The quantitative estimate of drug-likeness (QED) is 0.710. The van der Waals surface area contributed by atoms with Gasteiger partial charge in [0.1, 0.15) is 5.82 Å². The fraction of sp³-hybridized carbons (Fsp3) is 0.519. The molecule has 4 aliphatic rings. The Bertz CT molecular complexity index is 1190. The second-order valence-corrected chi connectivity index (χ2v) is 10.0. The summed E-state index contributed by atoms with van der Waals surface area (Å²) in [6, 6.07) is 9.64. The van der Waals surface area contributed by atoms with E-state index in [4.69, 9.17) is 10.2 Å². The standard InChI is InChI=1S/C27H32N6O/c28-19-20-4-6-21(7-5-20)27(34)32-14-12-31(13-15-32)23-8-9-25-24(18-23)29-26-10-11-30(16-17-33(25)26)22-2-1-3-22/h4-6,8-9,18,21-22H,1-3,7,10-17H2. The minimum Gasteiger partial charge on any atom is -0.368 e. The van der Waals surface area contributed by atoms with E-state index in [1.807, 2.05) is 17.1 Å². The lowest BCUT2D eigenvalue weighted by Crippen LogP contribution is -2.50. The van der Waals surface area contributed by atoms with Crippen molar-refractivity contribution in [2.75, 3.05) is 44.2 Å². The Morgan fingerprint density at radius 2 is 1.91 bits per heavy atom. The highest BCUT2D eigenvalue weighted by Gasteiger charge is 2.29. The molecule has 1 aromatic carbocycles. The van der Waals surface area contributed by atoms with Crippen molar-refractivity contribution in [1.82, 2.24) is 19.4 Å². The van der Waals surface area contributed by atoms with Gasteiger partial charge in [0.05, 0.1) is 23.0 Å². The lowest BCUT2D eigenvalue weighted by molar-refractivity contribution is -0.134. The van der Waals surface area contributed by atoms with Gasteiger partial charge < -0.3 is 14.4 Å². The molecular formula is C27H32N6O. The van der Waals surface area contributed by atoms with Crippen molar-refractivity contribution in [3.8, 4) is 6.07 Å².